The lowest BCUT2D eigenvalue weighted by molar-refractivity contribution is -0.0498. The van der Waals surface area contributed by atoms with Crippen LogP contribution in [0.25, 0.3) is 0 Å². The quantitative estimate of drug-likeness (QED) is 0.723. The first-order valence-corrected chi connectivity index (χ1v) is 7.13. The number of hydrogen-bond acceptors (Lipinski definition) is 3. The van der Waals surface area contributed by atoms with Gasteiger partial charge in [-0.2, -0.15) is 8.78 Å². The van der Waals surface area contributed by atoms with Gasteiger partial charge in [-0.1, -0.05) is 12.1 Å². The normalized spacial score (nSPS) is 17.0. The summed E-state index contributed by atoms with van der Waals surface area (Å²) in [5, 5.41) is 14.8. The fourth-order valence-corrected chi connectivity index (χ4v) is 2.31. The minimum Gasteiger partial charge on any atom is -0.435 e. The van der Waals surface area contributed by atoms with Gasteiger partial charge >= 0.3 is 12.6 Å². The molecule has 0 radical (unpaired) electrons. The van der Waals surface area contributed by atoms with E-state index in [-0.39, 0.29) is 18.9 Å². The fraction of sp³-hybridized carbons (Fsp3) is 0.533. The van der Waals surface area contributed by atoms with E-state index in [0.717, 1.165) is 12.8 Å². The molecule has 1 atom stereocenters. The van der Waals surface area contributed by atoms with E-state index in [9.17, 15) is 18.7 Å². The summed E-state index contributed by atoms with van der Waals surface area (Å²) in [4.78, 5) is 11.9. The third-order valence-corrected chi connectivity index (χ3v) is 3.78. The van der Waals surface area contributed by atoms with Crippen LogP contribution in [0.2, 0.25) is 0 Å². The molecule has 5 nitrogen and oxygen atoms in total. The Hall–Kier alpha value is -1.89. The molecule has 2 amide bonds. The molecule has 122 valence electrons. The summed E-state index contributed by atoms with van der Waals surface area (Å²) in [5.41, 5.74) is 0.0236. The van der Waals surface area contributed by atoms with Crippen molar-refractivity contribution in [2.45, 2.75) is 38.5 Å². The molecule has 22 heavy (non-hydrogen) atoms. The monoisotopic (exact) mass is 314 g/mol. The van der Waals surface area contributed by atoms with E-state index in [1.54, 1.807) is 19.1 Å². The number of benzene rings is 1. The summed E-state index contributed by atoms with van der Waals surface area (Å²) < 4.78 is 28.6. The van der Waals surface area contributed by atoms with Gasteiger partial charge in [-0.05, 0) is 43.4 Å². The van der Waals surface area contributed by atoms with Gasteiger partial charge in [0.2, 0.25) is 0 Å². The van der Waals surface area contributed by atoms with Gasteiger partial charge in [0, 0.05) is 6.54 Å². The summed E-state index contributed by atoms with van der Waals surface area (Å²) in [5.74, 6) is 0.346. The Morgan fingerprint density at radius 3 is 2.82 bits per heavy atom. The minimum atomic E-state index is -2.88. The zero-order chi connectivity index (χ0) is 16.2. The highest BCUT2D eigenvalue weighted by Gasteiger charge is 2.42. The van der Waals surface area contributed by atoms with Crippen molar-refractivity contribution in [1.82, 2.24) is 10.6 Å². The van der Waals surface area contributed by atoms with Crippen molar-refractivity contribution in [1.29, 1.82) is 0 Å². The number of aliphatic hydroxyl groups is 1. The Morgan fingerprint density at radius 2 is 2.23 bits per heavy atom. The lowest BCUT2D eigenvalue weighted by atomic mass is 9.97. The maximum Gasteiger partial charge on any atom is 0.387 e. The number of halogens is 2. The molecule has 2 rings (SSSR count). The number of urea groups is 1. The fourth-order valence-electron chi connectivity index (χ4n) is 2.31. The van der Waals surface area contributed by atoms with Crippen molar-refractivity contribution in [3.63, 3.8) is 0 Å². The van der Waals surface area contributed by atoms with Gasteiger partial charge in [-0.15, -0.1) is 0 Å². The van der Waals surface area contributed by atoms with Crippen molar-refractivity contribution in [3.8, 4) is 5.75 Å². The predicted octanol–water partition coefficient (Wildman–Crippen LogP) is 2.25. The van der Waals surface area contributed by atoms with Crippen LogP contribution in [0.1, 0.15) is 25.3 Å². The predicted molar refractivity (Wildman–Crippen MR) is 76.7 cm³/mol. The number of amides is 2. The number of aliphatic hydroxyl groups excluding tert-OH is 1. The largest absolute Gasteiger partial charge is 0.435 e. The van der Waals surface area contributed by atoms with Gasteiger partial charge in [-0.3, -0.25) is 0 Å². The molecule has 3 N–H and O–H groups in total. The highest BCUT2D eigenvalue weighted by Crippen LogP contribution is 2.39. The van der Waals surface area contributed by atoms with Crippen LogP contribution in [-0.4, -0.2) is 29.9 Å². The first-order chi connectivity index (χ1) is 10.4. The lowest BCUT2D eigenvalue weighted by Crippen LogP contribution is -2.53. The second kappa shape index (κ2) is 6.91. The standard InChI is InChI=1S/C15H20F2N2O3/c1-15(9-20,11-5-6-11)19-14(21)18-8-10-3-2-4-12(7-10)22-13(16)17/h2-4,7,11,13,20H,5-6,8-9H2,1H3,(H2,18,19,21). The van der Waals surface area contributed by atoms with E-state index in [0.29, 0.717) is 11.5 Å². The molecule has 0 aromatic heterocycles. The zero-order valence-electron chi connectivity index (χ0n) is 12.3. The van der Waals surface area contributed by atoms with E-state index in [2.05, 4.69) is 15.4 Å². The highest BCUT2D eigenvalue weighted by molar-refractivity contribution is 5.74. The van der Waals surface area contributed by atoms with Crippen molar-refractivity contribution in [2.24, 2.45) is 5.92 Å². The summed E-state index contributed by atoms with van der Waals surface area (Å²) in [6, 6.07) is 5.74. The van der Waals surface area contributed by atoms with E-state index in [1.165, 1.54) is 12.1 Å². The van der Waals surface area contributed by atoms with E-state index in [4.69, 9.17) is 0 Å². The third-order valence-electron chi connectivity index (χ3n) is 3.78. The number of carbonyl (C=O) groups excluding carboxylic acids is 1. The van der Waals surface area contributed by atoms with Crippen LogP contribution in [0, 0.1) is 5.92 Å². The molecular formula is C15H20F2N2O3. The number of nitrogens with one attached hydrogen (secondary N) is 2. The minimum absolute atomic E-state index is 0.0490. The summed E-state index contributed by atoms with van der Waals surface area (Å²) in [6.45, 7) is -1.02. The van der Waals surface area contributed by atoms with Gasteiger partial charge in [0.25, 0.3) is 0 Å². The number of hydrogen-bond donors (Lipinski definition) is 3. The second-order valence-corrected chi connectivity index (χ2v) is 5.68. The van der Waals surface area contributed by atoms with Crippen LogP contribution in [0.4, 0.5) is 13.6 Å². The molecule has 1 aliphatic rings. The van der Waals surface area contributed by atoms with Crippen LogP contribution >= 0.6 is 0 Å². The van der Waals surface area contributed by atoms with E-state index >= 15 is 0 Å². The number of rotatable bonds is 7. The number of ether oxygens (including phenoxy) is 1. The van der Waals surface area contributed by atoms with Gasteiger partial charge in [0.05, 0.1) is 12.1 Å². The Balaban J connectivity index is 1.85. The second-order valence-electron chi connectivity index (χ2n) is 5.68. The Kier molecular flexibility index (Phi) is 5.18. The molecule has 0 bridgehead atoms. The van der Waals surface area contributed by atoms with Crippen molar-refractivity contribution >= 4 is 6.03 Å². The summed E-state index contributed by atoms with van der Waals surface area (Å²) in [6.07, 6.45) is 1.98. The Morgan fingerprint density at radius 1 is 1.50 bits per heavy atom. The molecule has 0 heterocycles. The molecule has 0 aliphatic heterocycles. The van der Waals surface area contributed by atoms with Crippen LogP contribution in [0.15, 0.2) is 24.3 Å². The Bertz CT molecular complexity index is 523. The van der Waals surface area contributed by atoms with E-state index in [1.807, 2.05) is 0 Å². The van der Waals surface area contributed by atoms with Gasteiger partial charge in [-0.25, -0.2) is 4.79 Å². The van der Waals surface area contributed by atoms with Gasteiger partial charge in [0.1, 0.15) is 5.75 Å². The SMILES string of the molecule is CC(CO)(NC(=O)NCc1cccc(OC(F)F)c1)C1CC1. The molecule has 1 aromatic carbocycles. The third kappa shape index (κ3) is 4.56. The average molecular weight is 314 g/mol. The smallest absolute Gasteiger partial charge is 0.387 e. The molecule has 7 heteroatoms. The van der Waals surface area contributed by atoms with E-state index < -0.39 is 18.2 Å². The first kappa shape index (κ1) is 16.5. The van der Waals surface area contributed by atoms with Crippen LogP contribution in [0.5, 0.6) is 5.75 Å². The Labute approximate surface area is 127 Å². The summed E-state index contributed by atoms with van der Waals surface area (Å²) in [7, 11) is 0. The maximum atomic E-state index is 12.1. The van der Waals surface area contributed by atoms with Gasteiger partial charge < -0.3 is 20.5 Å². The number of carbonyl (C=O) groups is 1. The molecule has 1 aromatic rings. The van der Waals surface area contributed by atoms with Crippen LogP contribution in [-0.2, 0) is 6.54 Å². The lowest BCUT2D eigenvalue weighted by Gasteiger charge is -2.28. The first-order valence-electron chi connectivity index (χ1n) is 7.13. The van der Waals surface area contributed by atoms with Crippen molar-refractivity contribution < 1.29 is 23.4 Å². The molecule has 0 saturated heterocycles. The van der Waals surface area contributed by atoms with Crippen LogP contribution in [0.3, 0.4) is 0 Å². The van der Waals surface area contributed by atoms with Crippen molar-refractivity contribution in [3.05, 3.63) is 29.8 Å². The molecular weight excluding hydrogens is 294 g/mol. The molecule has 1 saturated carbocycles. The average Bonchev–Trinajstić information content (AvgIpc) is 3.30. The molecule has 1 fully saturated rings. The number of alkyl halides is 2. The molecule has 1 aliphatic carbocycles. The van der Waals surface area contributed by atoms with Gasteiger partial charge in [0.15, 0.2) is 0 Å². The topological polar surface area (TPSA) is 70.6 Å². The molecule has 1 unspecified atom stereocenters. The zero-order valence-corrected chi connectivity index (χ0v) is 12.3. The van der Waals surface area contributed by atoms with Crippen LogP contribution < -0.4 is 15.4 Å². The maximum absolute atomic E-state index is 12.1. The summed E-state index contributed by atoms with van der Waals surface area (Å²) >= 11 is 0. The molecule has 0 spiro atoms. The highest BCUT2D eigenvalue weighted by atomic mass is 19.3. The van der Waals surface area contributed by atoms with Crippen molar-refractivity contribution in [2.75, 3.05) is 6.61 Å².